The van der Waals surface area contributed by atoms with E-state index >= 15 is 0 Å². The molecule has 1 heterocycles. The summed E-state index contributed by atoms with van der Waals surface area (Å²) in [5.74, 6) is 0.951. The summed E-state index contributed by atoms with van der Waals surface area (Å²) >= 11 is 1.47. The number of rotatable bonds is 4. The van der Waals surface area contributed by atoms with E-state index in [1.54, 1.807) is 12.1 Å². The maximum absolute atomic E-state index is 12.8. The Hall–Kier alpha value is -3.18. The lowest BCUT2D eigenvalue weighted by atomic mass is 10.1. The van der Waals surface area contributed by atoms with Crippen LogP contribution in [0.25, 0.3) is 10.2 Å². The highest BCUT2D eigenvalue weighted by Gasteiger charge is 2.15. The summed E-state index contributed by atoms with van der Waals surface area (Å²) in [4.78, 5) is 17.4. The van der Waals surface area contributed by atoms with Crippen molar-refractivity contribution in [2.24, 2.45) is 0 Å². The summed E-state index contributed by atoms with van der Waals surface area (Å²) in [6.45, 7) is 4.13. The van der Waals surface area contributed by atoms with Crippen LogP contribution in [-0.4, -0.2) is 10.9 Å². The third-order valence-electron chi connectivity index (χ3n) is 4.33. The van der Waals surface area contributed by atoms with E-state index in [9.17, 15) is 4.79 Å². The molecule has 0 unspecified atom stereocenters. The molecule has 1 aromatic heterocycles. The molecule has 4 aromatic rings. The minimum atomic E-state index is -0.242. The number of nitrogens with one attached hydrogen (secondary N) is 1. The molecule has 134 valence electrons. The fraction of sp³-hybridized carbons (Fsp3) is 0.0909. The number of anilines is 1. The summed E-state index contributed by atoms with van der Waals surface area (Å²) in [5, 5.41) is 3.48. The molecule has 0 spiro atoms. The van der Waals surface area contributed by atoms with Crippen LogP contribution >= 0.6 is 11.3 Å². The van der Waals surface area contributed by atoms with E-state index < -0.39 is 0 Å². The molecule has 4 rings (SSSR count). The largest absolute Gasteiger partial charge is 0.457 e. The Morgan fingerprint density at radius 1 is 0.963 bits per heavy atom. The Morgan fingerprint density at radius 2 is 1.67 bits per heavy atom. The van der Waals surface area contributed by atoms with Crippen LogP contribution in [0.3, 0.4) is 0 Å². The summed E-state index contributed by atoms with van der Waals surface area (Å²) in [5.41, 5.74) is 3.76. The van der Waals surface area contributed by atoms with Gasteiger partial charge in [0.2, 0.25) is 0 Å². The average molecular weight is 374 g/mol. The molecular weight excluding hydrogens is 356 g/mol. The molecular formula is C22H18N2O2S. The van der Waals surface area contributed by atoms with Crippen molar-refractivity contribution in [2.75, 3.05) is 5.32 Å². The first-order valence-corrected chi connectivity index (χ1v) is 9.43. The fourth-order valence-electron chi connectivity index (χ4n) is 2.76. The second kappa shape index (κ2) is 7.21. The van der Waals surface area contributed by atoms with Crippen LogP contribution in [0.2, 0.25) is 0 Å². The molecule has 0 saturated heterocycles. The van der Waals surface area contributed by atoms with Crippen molar-refractivity contribution < 1.29 is 9.53 Å². The van der Waals surface area contributed by atoms with E-state index in [1.807, 2.05) is 48.5 Å². The van der Waals surface area contributed by atoms with Gasteiger partial charge in [0.25, 0.3) is 5.91 Å². The number of carbonyl (C=O) groups is 1. The minimum absolute atomic E-state index is 0.242. The molecule has 1 N–H and O–H groups in total. The van der Waals surface area contributed by atoms with Gasteiger partial charge in [0.1, 0.15) is 11.5 Å². The monoisotopic (exact) mass is 374 g/mol. The fourth-order valence-corrected chi connectivity index (χ4v) is 3.70. The Morgan fingerprint density at radius 3 is 2.48 bits per heavy atom. The number of aryl methyl sites for hydroxylation is 2. The van der Waals surface area contributed by atoms with Gasteiger partial charge in [-0.3, -0.25) is 10.1 Å². The van der Waals surface area contributed by atoms with Gasteiger partial charge in [0.05, 0.1) is 15.8 Å². The topological polar surface area (TPSA) is 51.2 Å². The first kappa shape index (κ1) is 17.2. The van der Waals surface area contributed by atoms with Gasteiger partial charge < -0.3 is 4.74 Å². The molecule has 5 heteroatoms. The lowest BCUT2D eigenvalue weighted by Gasteiger charge is -2.10. The average Bonchev–Trinajstić information content (AvgIpc) is 3.04. The highest BCUT2D eigenvalue weighted by Crippen LogP contribution is 2.30. The molecule has 0 aliphatic rings. The number of nitrogens with zero attached hydrogens (tertiary/aromatic N) is 1. The Kier molecular flexibility index (Phi) is 4.60. The van der Waals surface area contributed by atoms with Crippen LogP contribution in [0.4, 0.5) is 5.13 Å². The van der Waals surface area contributed by atoms with Crippen LogP contribution in [0.15, 0.2) is 66.7 Å². The Bertz CT molecular complexity index is 1080. The van der Waals surface area contributed by atoms with Gasteiger partial charge >= 0.3 is 0 Å². The van der Waals surface area contributed by atoms with Crippen LogP contribution in [0.1, 0.15) is 21.5 Å². The van der Waals surface area contributed by atoms with Gasteiger partial charge in [-0.05, 0) is 61.4 Å². The lowest BCUT2D eigenvalue weighted by molar-refractivity contribution is 0.102. The van der Waals surface area contributed by atoms with Crippen molar-refractivity contribution in [3.63, 3.8) is 0 Å². The molecule has 0 aliphatic heterocycles. The van der Waals surface area contributed by atoms with Crippen molar-refractivity contribution in [1.29, 1.82) is 0 Å². The molecule has 0 saturated carbocycles. The maximum atomic E-state index is 12.8. The predicted octanol–water partition coefficient (Wildman–Crippen LogP) is 5.96. The van der Waals surface area contributed by atoms with Gasteiger partial charge in [-0.15, -0.1) is 0 Å². The van der Waals surface area contributed by atoms with Crippen molar-refractivity contribution in [3.05, 3.63) is 83.4 Å². The zero-order valence-corrected chi connectivity index (χ0v) is 15.8. The van der Waals surface area contributed by atoms with E-state index in [0.717, 1.165) is 10.2 Å². The van der Waals surface area contributed by atoms with Gasteiger partial charge in [-0.2, -0.15) is 0 Å². The number of ether oxygens (including phenoxy) is 1. The summed E-state index contributed by atoms with van der Waals surface area (Å²) in [6.07, 6.45) is 0. The van der Waals surface area contributed by atoms with E-state index in [0.29, 0.717) is 22.2 Å². The highest BCUT2D eigenvalue weighted by atomic mass is 32.1. The lowest BCUT2D eigenvalue weighted by Crippen LogP contribution is -2.12. The predicted molar refractivity (Wildman–Crippen MR) is 110 cm³/mol. The SMILES string of the molecule is Cc1cc2nc(NC(=O)c3ccccc3Oc3ccccc3)sc2cc1C. The van der Waals surface area contributed by atoms with Crippen LogP contribution in [-0.2, 0) is 0 Å². The molecule has 1 amide bonds. The first-order chi connectivity index (χ1) is 13.1. The van der Waals surface area contributed by atoms with E-state index in [4.69, 9.17) is 4.74 Å². The summed E-state index contributed by atoms with van der Waals surface area (Å²) in [6, 6.07) is 20.8. The third kappa shape index (κ3) is 3.68. The number of hydrogen-bond acceptors (Lipinski definition) is 4. The van der Waals surface area contributed by atoms with E-state index in [2.05, 4.69) is 30.2 Å². The van der Waals surface area contributed by atoms with Gasteiger partial charge in [0, 0.05) is 0 Å². The number of benzene rings is 3. The van der Waals surface area contributed by atoms with Crippen LogP contribution in [0.5, 0.6) is 11.5 Å². The zero-order chi connectivity index (χ0) is 18.8. The summed E-state index contributed by atoms with van der Waals surface area (Å²) in [7, 11) is 0. The van der Waals surface area contributed by atoms with Gasteiger partial charge in [-0.25, -0.2) is 4.98 Å². The number of para-hydroxylation sites is 2. The smallest absolute Gasteiger partial charge is 0.261 e. The second-order valence-electron chi connectivity index (χ2n) is 6.29. The molecule has 4 nitrogen and oxygen atoms in total. The molecule has 0 atom stereocenters. The molecule has 0 bridgehead atoms. The van der Waals surface area contributed by atoms with Crippen LogP contribution < -0.4 is 10.1 Å². The van der Waals surface area contributed by atoms with Gasteiger partial charge in [0.15, 0.2) is 5.13 Å². The Balaban J connectivity index is 1.60. The Labute approximate surface area is 161 Å². The molecule has 0 aliphatic carbocycles. The van der Waals surface area contributed by atoms with Crippen molar-refractivity contribution in [3.8, 4) is 11.5 Å². The van der Waals surface area contributed by atoms with E-state index in [1.165, 1.54) is 22.5 Å². The van der Waals surface area contributed by atoms with Gasteiger partial charge in [-0.1, -0.05) is 41.7 Å². The first-order valence-electron chi connectivity index (χ1n) is 8.61. The number of thiazole rings is 1. The number of aromatic nitrogens is 1. The van der Waals surface area contributed by atoms with E-state index in [-0.39, 0.29) is 5.91 Å². The normalized spacial score (nSPS) is 10.7. The van der Waals surface area contributed by atoms with Crippen molar-refractivity contribution >= 4 is 32.6 Å². The quantitative estimate of drug-likeness (QED) is 0.480. The highest BCUT2D eigenvalue weighted by molar-refractivity contribution is 7.22. The third-order valence-corrected chi connectivity index (χ3v) is 5.26. The number of amides is 1. The van der Waals surface area contributed by atoms with Crippen molar-refractivity contribution in [2.45, 2.75) is 13.8 Å². The minimum Gasteiger partial charge on any atom is -0.457 e. The number of carbonyl (C=O) groups excluding carboxylic acids is 1. The maximum Gasteiger partial charge on any atom is 0.261 e. The number of hydrogen-bond donors (Lipinski definition) is 1. The zero-order valence-electron chi connectivity index (χ0n) is 15.0. The molecule has 0 radical (unpaired) electrons. The molecule has 27 heavy (non-hydrogen) atoms. The van der Waals surface area contributed by atoms with Crippen LogP contribution in [0, 0.1) is 13.8 Å². The summed E-state index contributed by atoms with van der Waals surface area (Å²) < 4.78 is 6.94. The molecule has 0 fully saturated rings. The number of fused-ring (bicyclic) bond motifs is 1. The van der Waals surface area contributed by atoms with Crippen molar-refractivity contribution in [1.82, 2.24) is 4.98 Å². The second-order valence-corrected chi connectivity index (χ2v) is 7.32. The standard InChI is InChI=1S/C22H18N2O2S/c1-14-12-18-20(13-15(14)2)27-22(23-18)24-21(25)17-10-6-7-11-19(17)26-16-8-4-3-5-9-16/h3-13H,1-2H3,(H,23,24,25). The molecule has 3 aromatic carbocycles.